The second kappa shape index (κ2) is 7.26. The zero-order valence-corrected chi connectivity index (χ0v) is 15.8. The molecule has 1 saturated heterocycles. The molecule has 2 bridgehead atoms. The number of halogens is 1. The van der Waals surface area contributed by atoms with Crippen LogP contribution in [0.15, 0.2) is 24.3 Å². The molecule has 1 unspecified atom stereocenters. The van der Waals surface area contributed by atoms with Gasteiger partial charge in [-0.15, -0.1) is 12.4 Å². The standard InChI is InChI=1S/C20H28N2O2.ClH/c1-24-20(15-6-2-5-14(11-15)19(21)23)16-7-3-8-17(20)13-22(12-16)18-9-4-10-18;/h2,5-6,11,16-18H,3-4,7-10,12-13H2,1H3,(H2,21,23);1H/t16-,17+,20?;. The molecule has 2 aliphatic carbocycles. The Morgan fingerprint density at radius 3 is 2.32 bits per heavy atom. The van der Waals surface area contributed by atoms with E-state index < -0.39 is 0 Å². The Kier molecular flexibility index (Phi) is 5.42. The third-order valence-corrected chi connectivity index (χ3v) is 6.76. The maximum Gasteiger partial charge on any atom is 0.248 e. The lowest BCUT2D eigenvalue weighted by molar-refractivity contribution is -0.177. The van der Waals surface area contributed by atoms with Gasteiger partial charge in [-0.3, -0.25) is 9.69 Å². The van der Waals surface area contributed by atoms with Gasteiger partial charge in [0, 0.05) is 43.6 Å². The summed E-state index contributed by atoms with van der Waals surface area (Å²) >= 11 is 0. The molecule has 0 aromatic heterocycles. The third kappa shape index (κ3) is 2.98. The highest BCUT2D eigenvalue weighted by atomic mass is 35.5. The molecule has 0 spiro atoms. The van der Waals surface area contributed by atoms with Crippen molar-refractivity contribution in [3.05, 3.63) is 35.4 Å². The van der Waals surface area contributed by atoms with E-state index in [1.165, 1.54) is 38.5 Å². The van der Waals surface area contributed by atoms with Crippen LogP contribution in [0.25, 0.3) is 0 Å². The average molecular weight is 365 g/mol. The van der Waals surface area contributed by atoms with Gasteiger partial charge in [0.2, 0.25) is 5.91 Å². The summed E-state index contributed by atoms with van der Waals surface area (Å²) in [6.07, 6.45) is 7.79. The Morgan fingerprint density at radius 1 is 1.16 bits per heavy atom. The van der Waals surface area contributed by atoms with Gasteiger partial charge in [0.1, 0.15) is 5.60 Å². The van der Waals surface area contributed by atoms with E-state index in [0.29, 0.717) is 17.4 Å². The minimum atomic E-state index is -0.361. The summed E-state index contributed by atoms with van der Waals surface area (Å²) in [5, 5.41) is 0. The third-order valence-electron chi connectivity index (χ3n) is 6.76. The lowest BCUT2D eigenvalue weighted by Gasteiger charge is -2.57. The number of ether oxygens (including phenoxy) is 1. The van der Waals surface area contributed by atoms with Crippen LogP contribution in [0.2, 0.25) is 0 Å². The number of nitrogens with two attached hydrogens (primary N) is 1. The number of primary amides is 1. The van der Waals surface area contributed by atoms with Gasteiger partial charge < -0.3 is 10.5 Å². The first kappa shape index (κ1) is 18.7. The molecule has 5 heteroatoms. The number of hydrogen-bond donors (Lipinski definition) is 1. The minimum Gasteiger partial charge on any atom is -0.373 e. The van der Waals surface area contributed by atoms with Gasteiger partial charge in [-0.05, 0) is 43.4 Å². The topological polar surface area (TPSA) is 55.6 Å². The first-order valence-corrected chi connectivity index (χ1v) is 9.34. The van der Waals surface area contributed by atoms with Crippen molar-refractivity contribution in [2.24, 2.45) is 17.6 Å². The van der Waals surface area contributed by atoms with Gasteiger partial charge >= 0.3 is 0 Å². The first-order valence-electron chi connectivity index (χ1n) is 9.34. The van der Waals surface area contributed by atoms with Gasteiger partial charge in [-0.25, -0.2) is 0 Å². The highest BCUT2D eigenvalue weighted by molar-refractivity contribution is 5.92. The Bertz CT molecular complexity index is 618. The minimum absolute atomic E-state index is 0. The Hall–Kier alpha value is -1.10. The van der Waals surface area contributed by atoms with Crippen LogP contribution in [0.3, 0.4) is 0 Å². The van der Waals surface area contributed by atoms with Gasteiger partial charge in [-0.1, -0.05) is 25.0 Å². The number of rotatable bonds is 4. The number of fused-ring (bicyclic) bond motifs is 2. The fourth-order valence-electron chi connectivity index (χ4n) is 5.36. The lowest BCUT2D eigenvalue weighted by Crippen LogP contribution is -2.61. The number of likely N-dealkylation sites (tertiary alicyclic amines) is 1. The maximum absolute atomic E-state index is 11.6. The molecule has 2 N–H and O–H groups in total. The van der Waals surface area contributed by atoms with Gasteiger partial charge in [0.15, 0.2) is 0 Å². The van der Waals surface area contributed by atoms with Crippen molar-refractivity contribution in [1.29, 1.82) is 0 Å². The average Bonchev–Trinajstić information content (AvgIpc) is 2.52. The van der Waals surface area contributed by atoms with Crippen molar-refractivity contribution in [3.63, 3.8) is 0 Å². The number of benzene rings is 1. The number of carbonyl (C=O) groups excluding carboxylic acids is 1. The highest BCUT2D eigenvalue weighted by Crippen LogP contribution is 2.52. The first-order chi connectivity index (χ1) is 11.6. The van der Waals surface area contributed by atoms with E-state index in [0.717, 1.165) is 24.7 Å². The van der Waals surface area contributed by atoms with Crippen LogP contribution in [0.1, 0.15) is 54.4 Å². The summed E-state index contributed by atoms with van der Waals surface area (Å²) in [6.45, 7) is 2.24. The number of methoxy groups -OCH3 is 1. The van der Waals surface area contributed by atoms with Crippen LogP contribution in [-0.2, 0) is 10.3 Å². The van der Waals surface area contributed by atoms with Crippen LogP contribution in [0.5, 0.6) is 0 Å². The van der Waals surface area contributed by atoms with Crippen molar-refractivity contribution < 1.29 is 9.53 Å². The number of amides is 1. The van der Waals surface area contributed by atoms with Gasteiger partial charge in [0.25, 0.3) is 0 Å². The van der Waals surface area contributed by atoms with Gasteiger partial charge in [0.05, 0.1) is 0 Å². The lowest BCUT2D eigenvalue weighted by atomic mass is 9.61. The SMILES string of the molecule is COC1(c2cccc(C(N)=O)c2)[C@@H]2CCC[C@H]1CN(C1CCC1)C2.Cl. The summed E-state index contributed by atoms with van der Waals surface area (Å²) < 4.78 is 6.27. The molecular formula is C20H29ClN2O2. The summed E-state index contributed by atoms with van der Waals surface area (Å²) in [4.78, 5) is 14.4. The second-order valence-corrected chi connectivity index (χ2v) is 7.81. The van der Waals surface area contributed by atoms with E-state index in [2.05, 4.69) is 11.0 Å². The highest BCUT2D eigenvalue weighted by Gasteiger charge is 2.54. The van der Waals surface area contributed by atoms with Crippen LogP contribution in [0.4, 0.5) is 0 Å². The number of nitrogens with zero attached hydrogens (tertiary/aromatic N) is 1. The van der Waals surface area contributed by atoms with E-state index in [9.17, 15) is 4.79 Å². The Balaban J connectivity index is 0.00000182. The van der Waals surface area contributed by atoms with E-state index in [1.807, 2.05) is 19.2 Å². The molecule has 1 aromatic carbocycles. The Morgan fingerprint density at radius 2 is 1.80 bits per heavy atom. The molecule has 4 nitrogen and oxygen atoms in total. The van der Waals surface area contributed by atoms with Crippen LogP contribution in [0, 0.1) is 11.8 Å². The van der Waals surface area contributed by atoms with Crippen molar-refractivity contribution in [2.45, 2.75) is 50.2 Å². The fraction of sp³-hybridized carbons (Fsp3) is 0.650. The van der Waals surface area contributed by atoms with E-state index in [4.69, 9.17) is 10.5 Å². The zero-order chi connectivity index (χ0) is 16.7. The Labute approximate surface area is 156 Å². The van der Waals surface area contributed by atoms with Crippen LogP contribution < -0.4 is 5.73 Å². The van der Waals surface area contributed by atoms with Crippen molar-refractivity contribution in [1.82, 2.24) is 4.90 Å². The normalized spacial score (nSPS) is 32.5. The second-order valence-electron chi connectivity index (χ2n) is 7.81. The summed E-state index contributed by atoms with van der Waals surface area (Å²) in [5.41, 5.74) is 6.98. The molecule has 0 radical (unpaired) electrons. The smallest absolute Gasteiger partial charge is 0.248 e. The molecule has 3 fully saturated rings. The molecule has 3 atom stereocenters. The summed E-state index contributed by atoms with van der Waals surface area (Å²) in [7, 11) is 1.85. The molecule has 1 aromatic rings. The quantitative estimate of drug-likeness (QED) is 0.891. The predicted octanol–water partition coefficient (Wildman–Crippen LogP) is 3.33. The van der Waals surface area contributed by atoms with Crippen molar-refractivity contribution in [3.8, 4) is 0 Å². The molecule has 1 heterocycles. The molecular weight excluding hydrogens is 336 g/mol. The van der Waals surface area contributed by atoms with Crippen LogP contribution >= 0.6 is 12.4 Å². The summed E-state index contributed by atoms with van der Waals surface area (Å²) in [5.74, 6) is 0.637. The van der Waals surface area contributed by atoms with Crippen molar-refractivity contribution in [2.75, 3.05) is 20.2 Å². The number of hydrogen-bond acceptors (Lipinski definition) is 3. The van der Waals surface area contributed by atoms with E-state index in [1.54, 1.807) is 6.07 Å². The monoisotopic (exact) mass is 364 g/mol. The largest absolute Gasteiger partial charge is 0.373 e. The number of carbonyl (C=O) groups is 1. The zero-order valence-electron chi connectivity index (χ0n) is 14.9. The van der Waals surface area contributed by atoms with Crippen LogP contribution in [-0.4, -0.2) is 37.0 Å². The van der Waals surface area contributed by atoms with E-state index >= 15 is 0 Å². The fourth-order valence-corrected chi connectivity index (χ4v) is 5.36. The van der Waals surface area contributed by atoms with E-state index in [-0.39, 0.29) is 23.9 Å². The molecule has 2 saturated carbocycles. The molecule has 25 heavy (non-hydrogen) atoms. The summed E-state index contributed by atoms with van der Waals surface area (Å²) in [6, 6.07) is 8.63. The molecule has 3 aliphatic rings. The maximum atomic E-state index is 11.6. The molecule has 1 aliphatic heterocycles. The predicted molar refractivity (Wildman–Crippen MR) is 101 cm³/mol. The van der Waals surface area contributed by atoms with Crippen molar-refractivity contribution >= 4 is 18.3 Å². The molecule has 138 valence electrons. The van der Waals surface area contributed by atoms with Gasteiger partial charge in [-0.2, -0.15) is 0 Å². The molecule has 4 rings (SSSR count). The number of piperidine rings is 1. The molecule has 1 amide bonds.